The molecule has 1 saturated heterocycles. The van der Waals surface area contributed by atoms with Gasteiger partial charge in [-0.15, -0.1) is 0 Å². The van der Waals surface area contributed by atoms with Gasteiger partial charge in [0.05, 0.1) is 11.3 Å². The van der Waals surface area contributed by atoms with Gasteiger partial charge in [-0.2, -0.15) is 5.10 Å². The molecule has 0 saturated carbocycles. The fourth-order valence-electron chi connectivity index (χ4n) is 2.89. The van der Waals surface area contributed by atoms with Crippen LogP contribution in [0, 0.1) is 19.8 Å². The van der Waals surface area contributed by atoms with Crippen LogP contribution in [0.5, 0.6) is 0 Å². The van der Waals surface area contributed by atoms with Crippen molar-refractivity contribution in [2.75, 3.05) is 13.1 Å². The predicted molar refractivity (Wildman–Crippen MR) is 81.9 cm³/mol. The van der Waals surface area contributed by atoms with Gasteiger partial charge in [0.2, 0.25) is 5.91 Å². The molecular weight excluding hydrogens is 266 g/mol. The number of nitrogens with zero attached hydrogens (tertiary/aromatic N) is 3. The molecule has 0 spiro atoms. The van der Waals surface area contributed by atoms with Crippen LogP contribution in [-0.2, 0) is 11.3 Å². The Morgan fingerprint density at radius 1 is 1.52 bits per heavy atom. The second-order valence-electron chi connectivity index (χ2n) is 6.60. The quantitative estimate of drug-likeness (QED) is 0.922. The standard InChI is InChI=1S/C16H27N3O2/c1-12-11-18(9-7-16(12,4)21)15(20)6-5-8-19-14(3)10-13(2)17-19/h10,12,21H,5-9,11H2,1-4H3. The van der Waals surface area contributed by atoms with E-state index in [9.17, 15) is 9.90 Å². The van der Waals surface area contributed by atoms with Crippen molar-refractivity contribution in [2.45, 2.75) is 59.1 Å². The molecule has 118 valence electrons. The van der Waals surface area contributed by atoms with Crippen LogP contribution in [0.1, 0.15) is 44.5 Å². The summed E-state index contributed by atoms with van der Waals surface area (Å²) in [5.41, 5.74) is 1.52. The van der Waals surface area contributed by atoms with Gasteiger partial charge >= 0.3 is 0 Å². The maximum absolute atomic E-state index is 12.2. The molecule has 0 aromatic carbocycles. The molecule has 1 fully saturated rings. The molecule has 5 heteroatoms. The van der Waals surface area contributed by atoms with Crippen molar-refractivity contribution in [2.24, 2.45) is 5.92 Å². The Hall–Kier alpha value is -1.36. The minimum absolute atomic E-state index is 0.131. The van der Waals surface area contributed by atoms with Crippen molar-refractivity contribution in [3.05, 3.63) is 17.5 Å². The first-order chi connectivity index (χ1) is 9.79. The summed E-state index contributed by atoms with van der Waals surface area (Å²) >= 11 is 0. The molecule has 21 heavy (non-hydrogen) atoms. The van der Waals surface area contributed by atoms with Gasteiger partial charge in [0, 0.05) is 37.7 Å². The summed E-state index contributed by atoms with van der Waals surface area (Å²) in [6, 6.07) is 2.05. The first-order valence-electron chi connectivity index (χ1n) is 7.81. The number of rotatable bonds is 4. The Morgan fingerprint density at radius 2 is 2.24 bits per heavy atom. The van der Waals surface area contributed by atoms with Gasteiger partial charge in [0.15, 0.2) is 0 Å². The van der Waals surface area contributed by atoms with E-state index in [0.29, 0.717) is 25.9 Å². The fourth-order valence-corrected chi connectivity index (χ4v) is 2.89. The molecule has 2 unspecified atom stereocenters. The average Bonchev–Trinajstić information content (AvgIpc) is 2.71. The van der Waals surface area contributed by atoms with E-state index >= 15 is 0 Å². The topological polar surface area (TPSA) is 58.4 Å². The Bertz CT molecular complexity index is 508. The maximum Gasteiger partial charge on any atom is 0.222 e. The summed E-state index contributed by atoms with van der Waals surface area (Å²) in [6.07, 6.45) is 2.02. The minimum atomic E-state index is -0.638. The molecule has 1 aromatic rings. The smallest absolute Gasteiger partial charge is 0.222 e. The number of likely N-dealkylation sites (tertiary alicyclic amines) is 1. The van der Waals surface area contributed by atoms with Gasteiger partial charge in [0.25, 0.3) is 0 Å². The molecule has 1 aromatic heterocycles. The van der Waals surface area contributed by atoms with E-state index in [-0.39, 0.29) is 11.8 Å². The van der Waals surface area contributed by atoms with Crippen molar-refractivity contribution in [1.82, 2.24) is 14.7 Å². The van der Waals surface area contributed by atoms with Crippen LogP contribution in [0.2, 0.25) is 0 Å². The van der Waals surface area contributed by atoms with E-state index in [1.807, 2.05) is 37.3 Å². The summed E-state index contributed by atoms with van der Waals surface area (Å²) in [5, 5.41) is 14.6. The number of amides is 1. The van der Waals surface area contributed by atoms with Crippen LogP contribution in [0.25, 0.3) is 0 Å². The monoisotopic (exact) mass is 293 g/mol. The van der Waals surface area contributed by atoms with E-state index in [2.05, 4.69) is 11.2 Å². The minimum Gasteiger partial charge on any atom is -0.390 e. The van der Waals surface area contributed by atoms with Crippen molar-refractivity contribution in [3.63, 3.8) is 0 Å². The first-order valence-corrected chi connectivity index (χ1v) is 7.81. The van der Waals surface area contributed by atoms with Crippen molar-refractivity contribution >= 4 is 5.91 Å². The maximum atomic E-state index is 12.2. The highest BCUT2D eigenvalue weighted by atomic mass is 16.3. The van der Waals surface area contributed by atoms with Crippen LogP contribution in [0.3, 0.4) is 0 Å². The van der Waals surface area contributed by atoms with Gasteiger partial charge in [-0.05, 0) is 39.7 Å². The predicted octanol–water partition coefficient (Wildman–Crippen LogP) is 1.90. The highest BCUT2D eigenvalue weighted by Gasteiger charge is 2.35. The summed E-state index contributed by atoms with van der Waals surface area (Å²) in [6.45, 7) is 10.00. The Balaban J connectivity index is 1.79. The average molecular weight is 293 g/mol. The summed E-state index contributed by atoms with van der Waals surface area (Å²) in [7, 11) is 0. The first kappa shape index (κ1) is 16.0. The van der Waals surface area contributed by atoms with Gasteiger partial charge in [-0.1, -0.05) is 6.92 Å². The number of carbonyl (C=O) groups is 1. The number of aliphatic hydroxyl groups is 1. The summed E-state index contributed by atoms with van der Waals surface area (Å²) in [4.78, 5) is 14.1. The third-order valence-electron chi connectivity index (χ3n) is 4.66. The number of carbonyl (C=O) groups excluding carboxylic acids is 1. The number of aromatic nitrogens is 2. The molecule has 2 atom stereocenters. The van der Waals surface area contributed by atoms with Gasteiger partial charge in [0.1, 0.15) is 0 Å². The van der Waals surface area contributed by atoms with Crippen LogP contribution < -0.4 is 0 Å². The lowest BCUT2D eigenvalue weighted by Gasteiger charge is -2.41. The van der Waals surface area contributed by atoms with Crippen LogP contribution in [-0.4, -0.2) is 44.4 Å². The van der Waals surface area contributed by atoms with E-state index < -0.39 is 5.60 Å². The lowest BCUT2D eigenvalue weighted by atomic mass is 9.84. The SMILES string of the molecule is Cc1cc(C)n(CCCC(=O)N2CCC(C)(O)C(C)C2)n1. The van der Waals surface area contributed by atoms with Gasteiger partial charge in [-0.3, -0.25) is 9.48 Å². The zero-order valence-electron chi connectivity index (χ0n) is 13.6. The Kier molecular flexibility index (Phi) is 4.71. The van der Waals surface area contributed by atoms with Crippen LogP contribution >= 0.6 is 0 Å². The largest absolute Gasteiger partial charge is 0.390 e. The van der Waals surface area contributed by atoms with Crippen molar-refractivity contribution in [1.29, 1.82) is 0 Å². The van der Waals surface area contributed by atoms with Crippen LogP contribution in [0.15, 0.2) is 6.07 Å². The molecule has 2 rings (SSSR count). The molecule has 1 N–H and O–H groups in total. The Labute approximate surface area is 126 Å². The summed E-state index contributed by atoms with van der Waals surface area (Å²) in [5.74, 6) is 0.324. The van der Waals surface area contributed by atoms with Crippen molar-refractivity contribution < 1.29 is 9.90 Å². The molecule has 2 heterocycles. The molecule has 5 nitrogen and oxygen atoms in total. The molecule has 0 bridgehead atoms. The second-order valence-corrected chi connectivity index (χ2v) is 6.60. The fraction of sp³-hybridized carbons (Fsp3) is 0.750. The number of hydrogen-bond acceptors (Lipinski definition) is 3. The normalized spacial score (nSPS) is 26.1. The van der Waals surface area contributed by atoms with Gasteiger partial charge in [-0.25, -0.2) is 0 Å². The molecule has 1 amide bonds. The zero-order valence-corrected chi connectivity index (χ0v) is 13.6. The lowest BCUT2D eigenvalue weighted by Crippen LogP contribution is -2.50. The molecule has 1 aliphatic heterocycles. The van der Waals surface area contributed by atoms with E-state index in [4.69, 9.17) is 0 Å². The van der Waals surface area contributed by atoms with Gasteiger partial charge < -0.3 is 10.0 Å². The lowest BCUT2D eigenvalue weighted by molar-refractivity contribution is -0.138. The third kappa shape index (κ3) is 3.84. The molecule has 0 aliphatic carbocycles. The van der Waals surface area contributed by atoms with Crippen molar-refractivity contribution in [3.8, 4) is 0 Å². The third-order valence-corrected chi connectivity index (χ3v) is 4.66. The second kappa shape index (κ2) is 6.18. The number of aryl methyl sites for hydroxylation is 3. The number of hydrogen-bond donors (Lipinski definition) is 1. The molecule has 0 radical (unpaired) electrons. The molecular formula is C16H27N3O2. The van der Waals surface area contributed by atoms with E-state index in [1.165, 1.54) is 0 Å². The molecule has 1 aliphatic rings. The van der Waals surface area contributed by atoms with E-state index in [0.717, 1.165) is 24.4 Å². The highest BCUT2D eigenvalue weighted by molar-refractivity contribution is 5.76. The number of piperidine rings is 1. The zero-order chi connectivity index (χ0) is 15.6. The highest BCUT2D eigenvalue weighted by Crippen LogP contribution is 2.27. The summed E-state index contributed by atoms with van der Waals surface area (Å²) < 4.78 is 1.96. The Morgan fingerprint density at radius 3 is 2.81 bits per heavy atom. The van der Waals surface area contributed by atoms with Crippen LogP contribution in [0.4, 0.5) is 0 Å². The van der Waals surface area contributed by atoms with E-state index in [1.54, 1.807) is 0 Å².